The number of ether oxygens (including phenoxy) is 1. The van der Waals surface area contributed by atoms with Gasteiger partial charge in [-0.1, -0.05) is 32.4 Å². The first-order valence-corrected chi connectivity index (χ1v) is 14.7. The molecule has 0 saturated heterocycles. The van der Waals surface area contributed by atoms with Crippen molar-refractivity contribution in [3.63, 3.8) is 0 Å². The highest BCUT2D eigenvalue weighted by Crippen LogP contribution is 2.24. The van der Waals surface area contributed by atoms with Crippen LogP contribution in [0.3, 0.4) is 0 Å². The van der Waals surface area contributed by atoms with Gasteiger partial charge in [0.25, 0.3) is 0 Å². The van der Waals surface area contributed by atoms with Crippen LogP contribution in [0.15, 0.2) is 24.3 Å². The molecule has 0 aliphatic heterocycles. The van der Waals surface area contributed by atoms with E-state index >= 15 is 0 Å². The summed E-state index contributed by atoms with van der Waals surface area (Å²) in [6.45, 7) is 15.0. The first-order chi connectivity index (χ1) is 11.8. The molecule has 1 aromatic rings. The predicted octanol–water partition coefficient (Wildman–Crippen LogP) is 5.01. The standard InChI is InChI=1S/C20H36O4SSi/c1-8-9-13-25(21,22)15-17(2)18-11-10-12-19(14-18)23-16-20(3,4)24-26(5,6)7/h10-12,14,17H,8-9,13,15-16H2,1-7H3/t17-/m0/s1. The van der Waals surface area contributed by atoms with Crippen molar-refractivity contribution in [2.24, 2.45) is 0 Å². The van der Waals surface area contributed by atoms with Crippen molar-refractivity contribution < 1.29 is 17.6 Å². The number of sulfone groups is 1. The van der Waals surface area contributed by atoms with Crippen LogP contribution in [0.5, 0.6) is 5.75 Å². The summed E-state index contributed by atoms with van der Waals surface area (Å²) in [5, 5.41) is 0. The Hall–Kier alpha value is -0.853. The molecule has 1 rings (SSSR count). The molecule has 1 aromatic carbocycles. The molecule has 0 amide bonds. The fourth-order valence-corrected chi connectivity index (χ4v) is 6.52. The molecular weight excluding hydrogens is 364 g/mol. The van der Waals surface area contributed by atoms with Gasteiger partial charge in [-0.15, -0.1) is 0 Å². The van der Waals surface area contributed by atoms with Crippen LogP contribution in [-0.4, -0.2) is 40.4 Å². The van der Waals surface area contributed by atoms with Crippen molar-refractivity contribution in [2.45, 2.75) is 71.7 Å². The maximum absolute atomic E-state index is 12.2. The first kappa shape index (κ1) is 23.2. The van der Waals surface area contributed by atoms with E-state index in [1.54, 1.807) is 0 Å². The molecule has 0 aliphatic rings. The van der Waals surface area contributed by atoms with E-state index in [0.717, 1.165) is 24.2 Å². The van der Waals surface area contributed by atoms with Gasteiger partial charge >= 0.3 is 0 Å². The Morgan fingerprint density at radius 2 is 1.85 bits per heavy atom. The van der Waals surface area contributed by atoms with E-state index < -0.39 is 18.2 Å². The molecule has 0 aromatic heterocycles. The highest BCUT2D eigenvalue weighted by molar-refractivity contribution is 7.91. The summed E-state index contributed by atoms with van der Waals surface area (Å²) in [4.78, 5) is 0. The Labute approximate surface area is 161 Å². The SMILES string of the molecule is CCCCS(=O)(=O)C[C@H](C)c1cccc(OCC(C)(C)O[Si](C)(C)C)c1. The van der Waals surface area contributed by atoms with Gasteiger partial charge in [-0.3, -0.25) is 0 Å². The molecule has 4 nitrogen and oxygen atoms in total. The topological polar surface area (TPSA) is 52.6 Å². The molecule has 0 N–H and O–H groups in total. The van der Waals surface area contributed by atoms with Gasteiger partial charge in [-0.25, -0.2) is 8.42 Å². The Kier molecular flexibility index (Phi) is 8.36. The summed E-state index contributed by atoms with van der Waals surface area (Å²) in [5.74, 6) is 1.16. The van der Waals surface area contributed by atoms with Gasteiger partial charge in [-0.05, 0) is 63.5 Å². The minimum absolute atomic E-state index is 0.0494. The Bertz CT molecular complexity index is 663. The number of hydrogen-bond donors (Lipinski definition) is 0. The second-order valence-electron chi connectivity index (χ2n) is 8.70. The van der Waals surface area contributed by atoms with Crippen LogP contribution in [0.25, 0.3) is 0 Å². The highest BCUT2D eigenvalue weighted by atomic mass is 32.2. The lowest BCUT2D eigenvalue weighted by molar-refractivity contribution is 0.0453. The molecular formula is C20H36O4SSi. The zero-order valence-corrected chi connectivity index (χ0v) is 19.3. The van der Waals surface area contributed by atoms with E-state index in [1.165, 1.54) is 0 Å². The van der Waals surface area contributed by atoms with E-state index in [1.807, 2.05) is 52.0 Å². The lowest BCUT2D eigenvalue weighted by atomic mass is 10.0. The summed E-state index contributed by atoms with van der Waals surface area (Å²) < 4.78 is 36.5. The van der Waals surface area contributed by atoms with Gasteiger partial charge < -0.3 is 9.16 Å². The molecule has 6 heteroatoms. The quantitative estimate of drug-likeness (QED) is 0.490. The minimum atomic E-state index is -3.02. The molecule has 0 aliphatic carbocycles. The average Bonchev–Trinajstić information content (AvgIpc) is 2.49. The molecule has 0 unspecified atom stereocenters. The molecule has 150 valence electrons. The first-order valence-electron chi connectivity index (χ1n) is 9.47. The summed E-state index contributed by atoms with van der Waals surface area (Å²) >= 11 is 0. The van der Waals surface area contributed by atoms with Crippen LogP contribution in [-0.2, 0) is 14.3 Å². The summed E-state index contributed by atoms with van der Waals surface area (Å²) in [7, 11) is -4.66. The van der Waals surface area contributed by atoms with Crippen molar-refractivity contribution in [1.29, 1.82) is 0 Å². The normalized spacial score (nSPS) is 14.3. The second-order valence-corrected chi connectivity index (χ2v) is 15.4. The van der Waals surface area contributed by atoms with E-state index in [-0.39, 0.29) is 23.0 Å². The van der Waals surface area contributed by atoms with Gasteiger partial charge in [0.2, 0.25) is 0 Å². The summed E-state index contributed by atoms with van der Waals surface area (Å²) in [5.41, 5.74) is 0.641. The van der Waals surface area contributed by atoms with Crippen LogP contribution in [0, 0.1) is 0 Å². The lowest BCUT2D eigenvalue weighted by Crippen LogP contribution is -2.42. The third-order valence-electron chi connectivity index (χ3n) is 3.91. The average molecular weight is 401 g/mol. The number of benzene rings is 1. The van der Waals surface area contributed by atoms with Gasteiger partial charge in [0, 0.05) is 0 Å². The van der Waals surface area contributed by atoms with E-state index in [2.05, 4.69) is 19.6 Å². The van der Waals surface area contributed by atoms with Crippen LogP contribution in [0.2, 0.25) is 19.6 Å². The van der Waals surface area contributed by atoms with Crippen LogP contribution in [0.4, 0.5) is 0 Å². The molecule has 0 saturated carbocycles. The zero-order valence-electron chi connectivity index (χ0n) is 17.5. The van der Waals surface area contributed by atoms with Gasteiger partial charge in [0.1, 0.15) is 12.4 Å². The van der Waals surface area contributed by atoms with Crippen molar-refractivity contribution in [3.05, 3.63) is 29.8 Å². The minimum Gasteiger partial charge on any atom is -0.491 e. The monoisotopic (exact) mass is 400 g/mol. The van der Waals surface area contributed by atoms with E-state index in [0.29, 0.717) is 6.61 Å². The van der Waals surface area contributed by atoms with Crippen molar-refractivity contribution in [2.75, 3.05) is 18.1 Å². The maximum Gasteiger partial charge on any atom is 0.184 e. The van der Waals surface area contributed by atoms with Gasteiger partial charge in [0.05, 0.1) is 17.1 Å². The fraction of sp³-hybridized carbons (Fsp3) is 0.700. The molecule has 1 atom stereocenters. The molecule has 0 fully saturated rings. The maximum atomic E-state index is 12.2. The highest BCUT2D eigenvalue weighted by Gasteiger charge is 2.28. The van der Waals surface area contributed by atoms with Gasteiger partial charge in [-0.2, -0.15) is 0 Å². The lowest BCUT2D eigenvalue weighted by Gasteiger charge is -2.32. The molecule has 0 radical (unpaired) electrons. The molecule has 0 bridgehead atoms. The second kappa shape index (κ2) is 9.38. The fourth-order valence-electron chi connectivity index (χ4n) is 2.95. The van der Waals surface area contributed by atoms with E-state index in [4.69, 9.17) is 9.16 Å². The number of rotatable bonds is 11. The zero-order chi connectivity index (χ0) is 20.0. The Balaban J connectivity index is 2.73. The molecule has 0 heterocycles. The molecule has 26 heavy (non-hydrogen) atoms. The van der Waals surface area contributed by atoms with Gasteiger partial charge in [0.15, 0.2) is 18.2 Å². The van der Waals surface area contributed by atoms with E-state index in [9.17, 15) is 8.42 Å². The van der Waals surface area contributed by atoms with Crippen LogP contribution >= 0.6 is 0 Å². The number of unbranched alkanes of at least 4 members (excludes halogenated alkanes) is 1. The summed E-state index contributed by atoms with van der Waals surface area (Å²) in [6, 6.07) is 7.75. The van der Waals surface area contributed by atoms with Crippen molar-refractivity contribution in [3.8, 4) is 5.75 Å². The van der Waals surface area contributed by atoms with Crippen molar-refractivity contribution in [1.82, 2.24) is 0 Å². The number of hydrogen-bond acceptors (Lipinski definition) is 4. The van der Waals surface area contributed by atoms with Crippen molar-refractivity contribution >= 4 is 18.2 Å². The van der Waals surface area contributed by atoms with Crippen LogP contribution in [0.1, 0.15) is 52.0 Å². The van der Waals surface area contributed by atoms with Crippen LogP contribution < -0.4 is 4.74 Å². The Morgan fingerprint density at radius 1 is 1.19 bits per heavy atom. The molecule has 0 spiro atoms. The smallest absolute Gasteiger partial charge is 0.184 e. The largest absolute Gasteiger partial charge is 0.491 e. The Morgan fingerprint density at radius 3 is 2.42 bits per heavy atom. The summed E-state index contributed by atoms with van der Waals surface area (Å²) in [6.07, 6.45) is 1.62. The third kappa shape index (κ3) is 9.19. The third-order valence-corrected chi connectivity index (χ3v) is 6.99. The predicted molar refractivity (Wildman–Crippen MR) is 112 cm³/mol.